The van der Waals surface area contributed by atoms with Crippen LogP contribution in [0.4, 0.5) is 0 Å². The fourth-order valence-corrected chi connectivity index (χ4v) is 3.25. The molecule has 0 saturated heterocycles. The smallest absolute Gasteiger partial charge is 0.213 e. The average Bonchev–Trinajstić information content (AvgIpc) is 3.00. The normalized spacial score (nSPS) is 11.5. The highest BCUT2D eigenvalue weighted by molar-refractivity contribution is 7.20. The van der Waals surface area contributed by atoms with Crippen LogP contribution in [-0.4, -0.2) is 24.7 Å². The molecule has 5 nitrogen and oxygen atoms in total. The van der Waals surface area contributed by atoms with E-state index in [1.165, 1.54) is 0 Å². The lowest BCUT2D eigenvalue weighted by molar-refractivity contribution is 0.882. The Morgan fingerprint density at radius 3 is 2.85 bits per heavy atom. The third kappa shape index (κ3) is 1.69. The van der Waals surface area contributed by atoms with Crippen molar-refractivity contribution in [1.29, 1.82) is 0 Å². The van der Waals surface area contributed by atoms with Crippen LogP contribution in [0.3, 0.4) is 0 Å². The second-order valence-corrected chi connectivity index (χ2v) is 5.69. The molecule has 98 valence electrons. The van der Waals surface area contributed by atoms with E-state index in [-0.39, 0.29) is 0 Å². The molecule has 1 aromatic carbocycles. The maximum atomic E-state index is 6.12. The number of thiazole rings is 1. The predicted molar refractivity (Wildman–Crippen MR) is 79.6 cm³/mol. The number of rotatable bonds is 1. The third-order valence-electron chi connectivity index (χ3n) is 2.96. The minimum atomic E-state index is 0.417. The van der Waals surface area contributed by atoms with Gasteiger partial charge in [-0.1, -0.05) is 35.1 Å². The predicted octanol–water partition coefficient (Wildman–Crippen LogP) is 3.39. The molecule has 0 aliphatic carbocycles. The minimum absolute atomic E-state index is 0.417. The van der Waals surface area contributed by atoms with Gasteiger partial charge in [0.05, 0.1) is 21.8 Å². The summed E-state index contributed by atoms with van der Waals surface area (Å²) in [4.78, 5) is 13.1. The molecule has 20 heavy (non-hydrogen) atoms. The van der Waals surface area contributed by atoms with Gasteiger partial charge in [0.2, 0.25) is 5.13 Å². The van der Waals surface area contributed by atoms with E-state index in [0.29, 0.717) is 16.6 Å². The molecule has 0 spiro atoms. The molecule has 0 aliphatic rings. The lowest BCUT2D eigenvalue weighted by atomic mass is 10.3. The van der Waals surface area contributed by atoms with Crippen molar-refractivity contribution in [3.63, 3.8) is 0 Å². The molecule has 7 heteroatoms. The zero-order valence-electron chi connectivity index (χ0n) is 10.4. The molecule has 4 rings (SSSR count). The lowest BCUT2D eigenvalue weighted by Crippen LogP contribution is -1.98. The van der Waals surface area contributed by atoms with Gasteiger partial charge in [-0.2, -0.15) is 9.78 Å². The minimum Gasteiger partial charge on any atom is -0.221 e. The molecule has 4 aromatic rings. The first kappa shape index (κ1) is 11.7. The molecule has 0 bridgehead atoms. The van der Waals surface area contributed by atoms with Crippen LogP contribution < -0.4 is 0 Å². The van der Waals surface area contributed by atoms with Crippen molar-refractivity contribution in [1.82, 2.24) is 24.7 Å². The monoisotopic (exact) mass is 301 g/mol. The Kier molecular flexibility index (Phi) is 2.48. The highest BCUT2D eigenvalue weighted by atomic mass is 35.5. The van der Waals surface area contributed by atoms with Crippen molar-refractivity contribution in [3.05, 3.63) is 41.4 Å². The van der Waals surface area contributed by atoms with Crippen molar-refractivity contribution < 1.29 is 0 Å². The van der Waals surface area contributed by atoms with Gasteiger partial charge in [0.25, 0.3) is 0 Å². The van der Waals surface area contributed by atoms with Crippen LogP contribution in [0.15, 0.2) is 30.5 Å². The van der Waals surface area contributed by atoms with E-state index >= 15 is 0 Å². The van der Waals surface area contributed by atoms with Gasteiger partial charge in [0.15, 0.2) is 5.65 Å². The summed E-state index contributed by atoms with van der Waals surface area (Å²) in [5.74, 6) is 0.616. The molecule has 0 saturated carbocycles. The number of nitrogens with zero attached hydrogens (tertiary/aromatic N) is 5. The van der Waals surface area contributed by atoms with Crippen molar-refractivity contribution in [2.75, 3.05) is 0 Å². The van der Waals surface area contributed by atoms with Crippen LogP contribution in [0.5, 0.6) is 0 Å². The molecule has 0 fully saturated rings. The zero-order chi connectivity index (χ0) is 13.7. The fraction of sp³-hybridized carbons (Fsp3) is 0.0769. The number of halogens is 1. The number of aryl methyl sites for hydroxylation is 1. The average molecular weight is 302 g/mol. The highest BCUT2D eigenvalue weighted by Gasteiger charge is 2.14. The number of benzene rings is 1. The van der Waals surface area contributed by atoms with Gasteiger partial charge in [0.1, 0.15) is 11.0 Å². The number of aromatic nitrogens is 5. The first-order valence-electron chi connectivity index (χ1n) is 5.96. The quantitative estimate of drug-likeness (QED) is 0.506. The summed E-state index contributed by atoms with van der Waals surface area (Å²) in [6, 6.07) is 7.98. The first-order chi connectivity index (χ1) is 9.72. The second-order valence-electron chi connectivity index (χ2n) is 4.32. The Hall–Kier alpha value is -2.05. The van der Waals surface area contributed by atoms with Crippen LogP contribution in [0, 0.1) is 6.92 Å². The Labute approximate surface area is 122 Å². The SMILES string of the molecule is Cc1nc(Cl)c2cnn(-c3nc4ccccc4s3)c2n1. The van der Waals surface area contributed by atoms with Gasteiger partial charge in [-0.15, -0.1) is 0 Å². The maximum Gasteiger partial charge on any atom is 0.213 e. The molecule has 0 aliphatic heterocycles. The van der Waals surface area contributed by atoms with Gasteiger partial charge in [-0.25, -0.2) is 15.0 Å². The number of para-hydroxylation sites is 1. The van der Waals surface area contributed by atoms with Crippen LogP contribution in [0.2, 0.25) is 5.15 Å². The fourth-order valence-electron chi connectivity index (χ4n) is 2.07. The molecular formula is C13H8ClN5S. The largest absolute Gasteiger partial charge is 0.221 e. The number of hydrogen-bond acceptors (Lipinski definition) is 5. The molecule has 0 radical (unpaired) electrons. The van der Waals surface area contributed by atoms with Gasteiger partial charge in [-0.05, 0) is 19.1 Å². The molecule has 3 aromatic heterocycles. The van der Waals surface area contributed by atoms with Crippen LogP contribution in [0.1, 0.15) is 5.82 Å². The Morgan fingerprint density at radius 1 is 1.15 bits per heavy atom. The van der Waals surface area contributed by atoms with Gasteiger partial charge in [0, 0.05) is 0 Å². The van der Waals surface area contributed by atoms with Crippen LogP contribution in [0.25, 0.3) is 26.4 Å². The zero-order valence-corrected chi connectivity index (χ0v) is 12.0. The van der Waals surface area contributed by atoms with Crippen molar-refractivity contribution in [2.45, 2.75) is 6.92 Å². The van der Waals surface area contributed by atoms with E-state index in [1.54, 1.807) is 29.1 Å². The van der Waals surface area contributed by atoms with Crippen molar-refractivity contribution in [2.24, 2.45) is 0 Å². The van der Waals surface area contributed by atoms with E-state index in [2.05, 4.69) is 20.1 Å². The molecule has 0 unspecified atom stereocenters. The summed E-state index contributed by atoms with van der Waals surface area (Å²) in [5.41, 5.74) is 1.63. The third-order valence-corrected chi connectivity index (χ3v) is 4.26. The van der Waals surface area contributed by atoms with E-state index in [4.69, 9.17) is 11.6 Å². The van der Waals surface area contributed by atoms with E-state index < -0.39 is 0 Å². The summed E-state index contributed by atoms with van der Waals surface area (Å²) in [6.07, 6.45) is 1.67. The lowest BCUT2D eigenvalue weighted by Gasteiger charge is -1.99. The topological polar surface area (TPSA) is 56.5 Å². The van der Waals surface area contributed by atoms with E-state index in [9.17, 15) is 0 Å². The highest BCUT2D eigenvalue weighted by Crippen LogP contribution is 2.27. The maximum absolute atomic E-state index is 6.12. The standard InChI is InChI=1S/C13H8ClN5S/c1-7-16-11(14)8-6-15-19(12(8)17-7)13-18-9-4-2-3-5-10(9)20-13/h2-6H,1H3. The summed E-state index contributed by atoms with van der Waals surface area (Å²) in [5, 5.41) is 6.26. The summed E-state index contributed by atoms with van der Waals surface area (Å²) < 4.78 is 2.82. The summed E-state index contributed by atoms with van der Waals surface area (Å²) >= 11 is 7.69. The Bertz CT molecular complexity index is 909. The van der Waals surface area contributed by atoms with Crippen LogP contribution in [-0.2, 0) is 0 Å². The van der Waals surface area contributed by atoms with E-state index in [1.807, 2.05) is 24.3 Å². The summed E-state index contributed by atoms with van der Waals surface area (Å²) in [7, 11) is 0. The second kappa shape index (κ2) is 4.22. The number of fused-ring (bicyclic) bond motifs is 2. The first-order valence-corrected chi connectivity index (χ1v) is 7.15. The Morgan fingerprint density at radius 2 is 2.00 bits per heavy atom. The van der Waals surface area contributed by atoms with Crippen LogP contribution >= 0.6 is 22.9 Å². The molecule has 0 atom stereocenters. The van der Waals surface area contributed by atoms with Crippen molar-refractivity contribution in [3.8, 4) is 5.13 Å². The van der Waals surface area contributed by atoms with E-state index in [0.717, 1.165) is 20.7 Å². The molecule has 3 heterocycles. The van der Waals surface area contributed by atoms with Gasteiger partial charge < -0.3 is 0 Å². The van der Waals surface area contributed by atoms with Gasteiger partial charge in [-0.3, -0.25) is 0 Å². The molecule has 0 N–H and O–H groups in total. The number of hydrogen-bond donors (Lipinski definition) is 0. The molecule has 0 amide bonds. The van der Waals surface area contributed by atoms with Crippen molar-refractivity contribution >= 4 is 44.2 Å². The summed E-state index contributed by atoms with van der Waals surface area (Å²) in [6.45, 7) is 1.81. The molecular weight excluding hydrogens is 294 g/mol. The Balaban J connectivity index is 2.02. The van der Waals surface area contributed by atoms with Gasteiger partial charge >= 0.3 is 0 Å².